The zero-order chi connectivity index (χ0) is 12.1. The van der Waals surface area contributed by atoms with Crippen LogP contribution in [0.25, 0.3) is 0 Å². The van der Waals surface area contributed by atoms with E-state index in [0.29, 0.717) is 6.42 Å². The summed E-state index contributed by atoms with van der Waals surface area (Å²) in [7, 11) is 0. The van der Waals surface area contributed by atoms with Crippen molar-refractivity contribution in [3.05, 3.63) is 23.3 Å². The average molecular weight is 222 g/mol. The molecule has 0 aromatic heterocycles. The summed E-state index contributed by atoms with van der Waals surface area (Å²) < 4.78 is 5.09. The Kier molecular flexibility index (Phi) is 4.35. The molecule has 0 saturated heterocycles. The molecule has 0 aliphatic rings. The van der Waals surface area contributed by atoms with Gasteiger partial charge < -0.3 is 9.84 Å². The number of hydrogen-bond acceptors (Lipinski definition) is 3. The summed E-state index contributed by atoms with van der Waals surface area (Å²) in [5.41, 5.74) is 1.73. The molecule has 16 heavy (non-hydrogen) atoms. The number of carbonyl (C=O) groups is 1. The van der Waals surface area contributed by atoms with Gasteiger partial charge in [0.1, 0.15) is 0 Å². The molecule has 0 fully saturated rings. The number of esters is 1. The van der Waals surface area contributed by atoms with Gasteiger partial charge in [0.15, 0.2) is 11.5 Å². The molecule has 0 radical (unpaired) electrons. The summed E-state index contributed by atoms with van der Waals surface area (Å²) in [5, 5.41) is 9.78. The first kappa shape index (κ1) is 12.6. The summed E-state index contributed by atoms with van der Waals surface area (Å²) in [5.74, 6) is 0.0226. The lowest BCUT2D eigenvalue weighted by molar-refractivity contribution is -0.134. The maximum Gasteiger partial charge on any atom is 0.311 e. The van der Waals surface area contributed by atoms with E-state index in [9.17, 15) is 9.90 Å². The number of benzene rings is 1. The molecule has 0 saturated carbocycles. The molecule has 1 aromatic rings. The van der Waals surface area contributed by atoms with E-state index in [4.69, 9.17) is 4.74 Å². The Labute approximate surface area is 96.1 Å². The van der Waals surface area contributed by atoms with Gasteiger partial charge in [0, 0.05) is 6.42 Å². The van der Waals surface area contributed by atoms with Crippen LogP contribution in [0.3, 0.4) is 0 Å². The van der Waals surface area contributed by atoms with Crippen LogP contribution < -0.4 is 4.74 Å². The van der Waals surface area contributed by atoms with Crippen molar-refractivity contribution in [1.82, 2.24) is 0 Å². The van der Waals surface area contributed by atoms with Crippen LogP contribution in [0.1, 0.15) is 37.3 Å². The molecule has 3 nitrogen and oxygen atoms in total. The van der Waals surface area contributed by atoms with Crippen LogP contribution in [0, 0.1) is 13.8 Å². The third-order valence-corrected chi connectivity index (χ3v) is 2.62. The number of aryl methyl sites for hydroxylation is 1. The van der Waals surface area contributed by atoms with Crippen LogP contribution >= 0.6 is 0 Å². The van der Waals surface area contributed by atoms with E-state index in [1.54, 1.807) is 13.0 Å². The Morgan fingerprint density at radius 3 is 2.69 bits per heavy atom. The maximum atomic E-state index is 11.4. The fraction of sp³-hybridized carbons (Fsp3) is 0.462. The minimum Gasteiger partial charge on any atom is -0.504 e. The predicted octanol–water partition coefficient (Wildman–Crippen LogP) is 3.10. The molecule has 0 unspecified atom stereocenters. The lowest BCUT2D eigenvalue weighted by atomic mass is 10.1. The molecular weight excluding hydrogens is 204 g/mol. The fourth-order valence-corrected chi connectivity index (χ4v) is 1.35. The first-order valence-corrected chi connectivity index (χ1v) is 5.56. The number of unbranched alkanes of at least 4 members (excludes halogenated alkanes) is 1. The first-order valence-electron chi connectivity index (χ1n) is 5.56. The van der Waals surface area contributed by atoms with Crippen molar-refractivity contribution < 1.29 is 14.6 Å². The topological polar surface area (TPSA) is 46.5 Å². The zero-order valence-corrected chi connectivity index (χ0v) is 10.0. The van der Waals surface area contributed by atoms with E-state index in [0.717, 1.165) is 24.0 Å². The number of hydrogen-bond donors (Lipinski definition) is 1. The van der Waals surface area contributed by atoms with Gasteiger partial charge in [-0.05, 0) is 37.5 Å². The Hall–Kier alpha value is -1.51. The number of ether oxygens (including phenoxy) is 1. The summed E-state index contributed by atoms with van der Waals surface area (Å²) in [4.78, 5) is 11.4. The van der Waals surface area contributed by atoms with Crippen molar-refractivity contribution in [3.8, 4) is 11.5 Å². The smallest absolute Gasteiger partial charge is 0.311 e. The van der Waals surface area contributed by atoms with Crippen molar-refractivity contribution in [3.63, 3.8) is 0 Å². The normalized spacial score (nSPS) is 10.2. The van der Waals surface area contributed by atoms with Gasteiger partial charge in [0.2, 0.25) is 0 Å². The monoisotopic (exact) mass is 222 g/mol. The Balaban J connectivity index is 2.74. The lowest BCUT2D eigenvalue weighted by Gasteiger charge is -2.09. The average Bonchev–Trinajstić information content (AvgIpc) is 2.27. The van der Waals surface area contributed by atoms with E-state index >= 15 is 0 Å². The summed E-state index contributed by atoms with van der Waals surface area (Å²) in [6, 6.07) is 3.46. The molecule has 0 aliphatic heterocycles. The van der Waals surface area contributed by atoms with Crippen molar-refractivity contribution >= 4 is 5.97 Å². The van der Waals surface area contributed by atoms with Crippen LogP contribution in [0.4, 0.5) is 0 Å². The highest BCUT2D eigenvalue weighted by Gasteiger charge is 2.11. The van der Waals surface area contributed by atoms with Gasteiger partial charge in [0.25, 0.3) is 0 Å². The quantitative estimate of drug-likeness (QED) is 0.629. The molecule has 0 amide bonds. The number of aromatic hydroxyl groups is 1. The molecule has 1 N–H and O–H groups in total. The first-order chi connectivity index (χ1) is 7.56. The van der Waals surface area contributed by atoms with Gasteiger partial charge in [-0.2, -0.15) is 0 Å². The predicted molar refractivity (Wildman–Crippen MR) is 62.7 cm³/mol. The van der Waals surface area contributed by atoms with Crippen molar-refractivity contribution in [2.24, 2.45) is 0 Å². The SMILES string of the molecule is CCCCC(=O)Oc1ccc(C)c(C)c1O. The van der Waals surface area contributed by atoms with Crippen LogP contribution in [0.15, 0.2) is 12.1 Å². The van der Waals surface area contributed by atoms with Crippen LogP contribution in [0.5, 0.6) is 11.5 Å². The van der Waals surface area contributed by atoms with E-state index < -0.39 is 0 Å². The highest BCUT2D eigenvalue weighted by Crippen LogP contribution is 2.31. The van der Waals surface area contributed by atoms with Gasteiger partial charge in [-0.3, -0.25) is 4.79 Å². The molecule has 0 atom stereocenters. The second-order valence-electron chi connectivity index (χ2n) is 3.93. The zero-order valence-electron chi connectivity index (χ0n) is 10.0. The van der Waals surface area contributed by atoms with Crippen molar-refractivity contribution in [2.45, 2.75) is 40.0 Å². The molecule has 88 valence electrons. The number of phenolic OH excluding ortho intramolecular Hbond substituents is 1. The molecule has 1 aromatic carbocycles. The van der Waals surface area contributed by atoms with Crippen LogP contribution in [0.2, 0.25) is 0 Å². The Bertz CT molecular complexity index is 383. The van der Waals surface area contributed by atoms with E-state index in [-0.39, 0.29) is 17.5 Å². The van der Waals surface area contributed by atoms with Crippen LogP contribution in [-0.4, -0.2) is 11.1 Å². The molecular formula is C13H18O3. The standard InChI is InChI=1S/C13H18O3/c1-4-5-6-12(14)16-11-8-7-9(2)10(3)13(11)15/h7-8,15H,4-6H2,1-3H3. The minimum absolute atomic E-state index is 0.0600. The van der Waals surface area contributed by atoms with E-state index in [2.05, 4.69) is 0 Å². The molecule has 0 spiro atoms. The van der Waals surface area contributed by atoms with Gasteiger partial charge in [-0.1, -0.05) is 19.4 Å². The van der Waals surface area contributed by atoms with Gasteiger partial charge in [-0.25, -0.2) is 0 Å². The number of rotatable bonds is 4. The fourth-order valence-electron chi connectivity index (χ4n) is 1.35. The third kappa shape index (κ3) is 2.99. The van der Waals surface area contributed by atoms with E-state index in [1.165, 1.54) is 0 Å². The molecule has 1 rings (SSSR count). The lowest BCUT2D eigenvalue weighted by Crippen LogP contribution is -2.07. The van der Waals surface area contributed by atoms with Crippen LogP contribution in [-0.2, 0) is 4.79 Å². The second-order valence-corrected chi connectivity index (χ2v) is 3.93. The second kappa shape index (κ2) is 5.54. The van der Waals surface area contributed by atoms with E-state index in [1.807, 2.05) is 19.9 Å². The maximum absolute atomic E-state index is 11.4. The number of carbonyl (C=O) groups excluding carboxylic acids is 1. The molecule has 0 aliphatic carbocycles. The Morgan fingerprint density at radius 2 is 2.06 bits per heavy atom. The molecule has 0 bridgehead atoms. The Morgan fingerprint density at radius 1 is 1.38 bits per heavy atom. The van der Waals surface area contributed by atoms with Crippen molar-refractivity contribution in [2.75, 3.05) is 0 Å². The summed E-state index contributed by atoms with van der Waals surface area (Å²) in [6.45, 7) is 5.71. The largest absolute Gasteiger partial charge is 0.504 e. The number of phenols is 1. The highest BCUT2D eigenvalue weighted by molar-refractivity contribution is 5.73. The summed E-state index contributed by atoms with van der Waals surface area (Å²) in [6.07, 6.45) is 2.15. The molecule has 0 heterocycles. The minimum atomic E-state index is -0.291. The van der Waals surface area contributed by atoms with Gasteiger partial charge in [0.05, 0.1) is 0 Å². The highest BCUT2D eigenvalue weighted by atomic mass is 16.5. The van der Waals surface area contributed by atoms with Gasteiger partial charge in [-0.15, -0.1) is 0 Å². The summed E-state index contributed by atoms with van der Waals surface area (Å²) >= 11 is 0. The van der Waals surface area contributed by atoms with Crippen molar-refractivity contribution in [1.29, 1.82) is 0 Å². The third-order valence-electron chi connectivity index (χ3n) is 2.62. The molecule has 3 heteroatoms. The van der Waals surface area contributed by atoms with Gasteiger partial charge >= 0.3 is 5.97 Å².